The zero-order valence-corrected chi connectivity index (χ0v) is 11.8. The van der Waals surface area contributed by atoms with Crippen LogP contribution in [0, 0.1) is 0 Å². The number of benzene rings is 1. The Balaban J connectivity index is 2.75. The highest BCUT2D eigenvalue weighted by Gasteiger charge is 2.15. The molecule has 0 saturated heterocycles. The number of nitrogens with zero attached hydrogens (tertiary/aromatic N) is 1. The summed E-state index contributed by atoms with van der Waals surface area (Å²) in [5.74, 6) is -0.985. The van der Waals surface area contributed by atoms with Gasteiger partial charge in [0.15, 0.2) is 0 Å². The highest BCUT2D eigenvalue weighted by molar-refractivity contribution is 5.97. The molecule has 1 aromatic rings. The molecule has 1 rings (SSSR count). The number of nitrogens with one attached hydrogen (secondary N) is 1. The maximum atomic E-state index is 12.1. The number of ether oxygens (including phenoxy) is 1. The van der Waals surface area contributed by atoms with Crippen molar-refractivity contribution in [2.45, 2.75) is 13.8 Å². The number of carbonyl (C=O) groups excluding carboxylic acids is 3. The van der Waals surface area contributed by atoms with E-state index >= 15 is 0 Å². The smallest absolute Gasteiger partial charge is 0.325 e. The van der Waals surface area contributed by atoms with E-state index in [1.807, 2.05) is 0 Å². The van der Waals surface area contributed by atoms with Crippen LogP contribution >= 0.6 is 0 Å². The fourth-order valence-electron chi connectivity index (χ4n) is 1.63. The van der Waals surface area contributed by atoms with Crippen LogP contribution in [0.4, 0.5) is 5.69 Å². The molecule has 108 valence electrons. The number of hydrogen-bond donors (Lipinski definition) is 1. The van der Waals surface area contributed by atoms with Crippen LogP contribution in [0.25, 0.3) is 0 Å². The lowest BCUT2D eigenvalue weighted by Crippen LogP contribution is -2.33. The van der Waals surface area contributed by atoms with Gasteiger partial charge >= 0.3 is 5.97 Å². The second kappa shape index (κ2) is 7.28. The molecule has 20 heavy (non-hydrogen) atoms. The molecule has 6 heteroatoms. The minimum atomic E-state index is -0.457. The van der Waals surface area contributed by atoms with Crippen molar-refractivity contribution >= 4 is 23.5 Å². The first-order chi connectivity index (χ1) is 9.43. The molecule has 0 heterocycles. The lowest BCUT2D eigenvalue weighted by atomic mass is 10.1. The van der Waals surface area contributed by atoms with Crippen LogP contribution in [-0.4, -0.2) is 42.9 Å². The number of hydrogen-bond acceptors (Lipinski definition) is 4. The Hall–Kier alpha value is -2.37. The molecule has 1 N–H and O–H groups in total. The average Bonchev–Trinajstić information content (AvgIpc) is 2.37. The zero-order valence-electron chi connectivity index (χ0n) is 11.8. The van der Waals surface area contributed by atoms with Gasteiger partial charge in [-0.2, -0.15) is 0 Å². The van der Waals surface area contributed by atoms with Gasteiger partial charge in [-0.25, -0.2) is 0 Å². The van der Waals surface area contributed by atoms with Crippen LogP contribution in [0.3, 0.4) is 0 Å². The standard InChI is InChI=1S/C14H18N2O4/c1-4-20-13(18)9-16(3)14(19)11-6-5-7-12(8-11)15-10(2)17/h5-8H,4,9H2,1-3H3,(H,15,17). The highest BCUT2D eigenvalue weighted by Crippen LogP contribution is 2.12. The summed E-state index contributed by atoms with van der Waals surface area (Å²) in [6.45, 7) is 3.26. The summed E-state index contributed by atoms with van der Waals surface area (Å²) < 4.78 is 4.79. The molecule has 0 saturated carbocycles. The second-order valence-electron chi connectivity index (χ2n) is 4.23. The zero-order chi connectivity index (χ0) is 15.1. The van der Waals surface area contributed by atoms with Gasteiger partial charge in [0.1, 0.15) is 6.54 Å². The van der Waals surface area contributed by atoms with Crippen molar-refractivity contribution < 1.29 is 19.1 Å². The SMILES string of the molecule is CCOC(=O)CN(C)C(=O)c1cccc(NC(C)=O)c1. The van der Waals surface area contributed by atoms with Gasteiger partial charge in [0, 0.05) is 25.2 Å². The van der Waals surface area contributed by atoms with E-state index < -0.39 is 5.97 Å². The number of rotatable bonds is 5. The molecule has 0 spiro atoms. The average molecular weight is 278 g/mol. The summed E-state index contributed by atoms with van der Waals surface area (Å²) in [5, 5.41) is 2.60. The molecule has 6 nitrogen and oxygen atoms in total. The predicted octanol–water partition coefficient (Wildman–Crippen LogP) is 1.28. The molecule has 0 fully saturated rings. The van der Waals surface area contributed by atoms with Gasteiger partial charge in [0.25, 0.3) is 5.91 Å². The third-order valence-electron chi connectivity index (χ3n) is 2.45. The van der Waals surface area contributed by atoms with Crippen LogP contribution in [0.1, 0.15) is 24.2 Å². The van der Waals surface area contributed by atoms with Crippen molar-refractivity contribution in [3.05, 3.63) is 29.8 Å². The molecule has 0 aromatic heterocycles. The van der Waals surface area contributed by atoms with Crippen molar-refractivity contribution in [2.75, 3.05) is 25.5 Å². The van der Waals surface area contributed by atoms with Crippen molar-refractivity contribution in [1.29, 1.82) is 0 Å². The van der Waals surface area contributed by atoms with Crippen LogP contribution in [0.5, 0.6) is 0 Å². The minimum absolute atomic E-state index is 0.114. The van der Waals surface area contributed by atoms with Crippen molar-refractivity contribution in [2.24, 2.45) is 0 Å². The minimum Gasteiger partial charge on any atom is -0.465 e. The van der Waals surface area contributed by atoms with Gasteiger partial charge in [-0.05, 0) is 25.1 Å². The van der Waals surface area contributed by atoms with Gasteiger partial charge in [-0.1, -0.05) is 6.07 Å². The molecule has 0 aliphatic carbocycles. The fourth-order valence-corrected chi connectivity index (χ4v) is 1.63. The van der Waals surface area contributed by atoms with E-state index in [9.17, 15) is 14.4 Å². The molecule has 0 aliphatic heterocycles. The highest BCUT2D eigenvalue weighted by atomic mass is 16.5. The lowest BCUT2D eigenvalue weighted by molar-refractivity contribution is -0.143. The quantitative estimate of drug-likeness (QED) is 0.823. The molecule has 0 aliphatic rings. The summed E-state index contributed by atoms with van der Waals surface area (Å²) in [6.07, 6.45) is 0. The van der Waals surface area contributed by atoms with Gasteiger partial charge in [0.05, 0.1) is 6.61 Å². The largest absolute Gasteiger partial charge is 0.465 e. The molecular weight excluding hydrogens is 260 g/mol. The Morgan fingerprint density at radius 3 is 2.60 bits per heavy atom. The molecule has 0 radical (unpaired) electrons. The monoisotopic (exact) mass is 278 g/mol. The van der Waals surface area contributed by atoms with Gasteiger partial charge in [-0.3, -0.25) is 14.4 Å². The van der Waals surface area contributed by atoms with E-state index in [1.54, 1.807) is 31.2 Å². The van der Waals surface area contributed by atoms with E-state index in [-0.39, 0.29) is 25.0 Å². The second-order valence-corrected chi connectivity index (χ2v) is 4.23. The van der Waals surface area contributed by atoms with Crippen molar-refractivity contribution in [1.82, 2.24) is 4.90 Å². The van der Waals surface area contributed by atoms with Gasteiger partial charge in [0.2, 0.25) is 5.91 Å². The van der Waals surface area contributed by atoms with Crippen LogP contribution in [0.2, 0.25) is 0 Å². The first kappa shape index (κ1) is 15.7. The van der Waals surface area contributed by atoms with E-state index in [0.717, 1.165) is 0 Å². The van der Waals surface area contributed by atoms with Gasteiger partial charge < -0.3 is 15.0 Å². The van der Waals surface area contributed by atoms with Crippen LogP contribution in [-0.2, 0) is 14.3 Å². The Labute approximate surface area is 117 Å². The summed E-state index contributed by atoms with van der Waals surface area (Å²) in [6, 6.07) is 6.53. The third-order valence-corrected chi connectivity index (χ3v) is 2.45. The third kappa shape index (κ3) is 4.72. The Morgan fingerprint density at radius 1 is 1.30 bits per heavy atom. The van der Waals surface area contributed by atoms with E-state index in [0.29, 0.717) is 11.3 Å². The summed E-state index contributed by atoms with van der Waals surface area (Å²) in [4.78, 5) is 35.7. The maximum absolute atomic E-state index is 12.1. The normalized spacial score (nSPS) is 9.75. The topological polar surface area (TPSA) is 75.7 Å². The van der Waals surface area contributed by atoms with E-state index in [4.69, 9.17) is 4.74 Å². The van der Waals surface area contributed by atoms with E-state index in [2.05, 4.69) is 5.32 Å². The summed E-state index contributed by atoms with van der Waals surface area (Å²) in [7, 11) is 1.52. The Bertz CT molecular complexity index is 514. The molecule has 0 bridgehead atoms. The van der Waals surface area contributed by atoms with Crippen LogP contribution in [0.15, 0.2) is 24.3 Å². The molecule has 1 aromatic carbocycles. The van der Waals surface area contributed by atoms with E-state index in [1.165, 1.54) is 18.9 Å². The Morgan fingerprint density at radius 2 is 2.00 bits per heavy atom. The predicted molar refractivity (Wildman–Crippen MR) is 74.3 cm³/mol. The number of amides is 2. The molecule has 0 unspecified atom stereocenters. The summed E-state index contributed by atoms with van der Waals surface area (Å²) in [5.41, 5.74) is 0.927. The number of anilines is 1. The number of carbonyl (C=O) groups is 3. The maximum Gasteiger partial charge on any atom is 0.325 e. The number of likely N-dealkylation sites (N-methyl/N-ethyl adjacent to an activating group) is 1. The number of esters is 1. The first-order valence-electron chi connectivity index (χ1n) is 6.22. The van der Waals surface area contributed by atoms with Crippen molar-refractivity contribution in [3.8, 4) is 0 Å². The molecule has 2 amide bonds. The van der Waals surface area contributed by atoms with Crippen LogP contribution < -0.4 is 5.32 Å². The Kier molecular flexibility index (Phi) is 5.71. The van der Waals surface area contributed by atoms with Crippen molar-refractivity contribution in [3.63, 3.8) is 0 Å². The fraction of sp³-hybridized carbons (Fsp3) is 0.357. The van der Waals surface area contributed by atoms with Gasteiger partial charge in [-0.15, -0.1) is 0 Å². The lowest BCUT2D eigenvalue weighted by Gasteiger charge is -2.16. The first-order valence-corrected chi connectivity index (χ1v) is 6.22. The molecule has 0 atom stereocenters. The molecular formula is C14H18N2O4. The summed E-state index contributed by atoms with van der Waals surface area (Å²) >= 11 is 0.